The molecule has 2 rings (SSSR count). The lowest BCUT2D eigenvalue weighted by molar-refractivity contribution is -0.384. The third-order valence-electron chi connectivity index (χ3n) is 2.37. The van der Waals surface area contributed by atoms with Gasteiger partial charge in [-0.05, 0) is 12.5 Å². The smallest absolute Gasteiger partial charge is 0.270 e. The van der Waals surface area contributed by atoms with Gasteiger partial charge in [-0.2, -0.15) is 0 Å². The zero-order valence-corrected chi connectivity index (χ0v) is 11.1. The zero-order chi connectivity index (χ0) is 13.1. The number of non-ortho nitro benzene ring substituents is 1. The topological polar surface area (TPSA) is 82.1 Å². The van der Waals surface area contributed by atoms with Crippen LogP contribution in [0.15, 0.2) is 28.7 Å². The van der Waals surface area contributed by atoms with Crippen LogP contribution in [-0.4, -0.2) is 15.1 Å². The van der Waals surface area contributed by atoms with E-state index >= 15 is 0 Å². The van der Waals surface area contributed by atoms with Crippen molar-refractivity contribution in [1.29, 1.82) is 0 Å². The van der Waals surface area contributed by atoms with Crippen molar-refractivity contribution in [2.45, 2.75) is 18.2 Å². The zero-order valence-electron chi connectivity index (χ0n) is 9.54. The summed E-state index contributed by atoms with van der Waals surface area (Å²) in [4.78, 5) is 10.2. The van der Waals surface area contributed by atoms with Crippen LogP contribution in [0.3, 0.4) is 0 Å². The number of aromatic nitrogens is 2. The molecule has 0 N–H and O–H groups in total. The van der Waals surface area contributed by atoms with Crippen molar-refractivity contribution in [2.24, 2.45) is 0 Å². The fourth-order valence-corrected chi connectivity index (χ4v) is 1.59. The summed E-state index contributed by atoms with van der Waals surface area (Å²) >= 11 is 3.40. The van der Waals surface area contributed by atoms with Crippen molar-refractivity contribution >= 4 is 21.6 Å². The van der Waals surface area contributed by atoms with Crippen molar-refractivity contribution in [3.63, 3.8) is 0 Å². The van der Waals surface area contributed by atoms with Crippen LogP contribution < -0.4 is 0 Å². The van der Waals surface area contributed by atoms with Crippen LogP contribution in [0.25, 0.3) is 11.5 Å². The Balaban J connectivity index is 2.34. The van der Waals surface area contributed by atoms with Gasteiger partial charge in [-0.1, -0.05) is 28.9 Å². The molecule has 0 spiro atoms. The molecule has 1 unspecified atom stereocenters. The van der Waals surface area contributed by atoms with Crippen LogP contribution in [0.2, 0.25) is 0 Å². The predicted octanol–water partition coefficient (Wildman–Crippen LogP) is 3.49. The van der Waals surface area contributed by atoms with Gasteiger partial charge in [0.1, 0.15) is 0 Å². The van der Waals surface area contributed by atoms with Gasteiger partial charge in [-0.3, -0.25) is 10.1 Å². The maximum atomic E-state index is 10.7. The maximum Gasteiger partial charge on any atom is 0.270 e. The van der Waals surface area contributed by atoms with Gasteiger partial charge in [0.15, 0.2) is 0 Å². The Morgan fingerprint density at radius 3 is 2.94 bits per heavy atom. The SMILES string of the molecule is CCC(Br)c1nnc(-c2cccc([N+](=O)[O-])c2)o1. The van der Waals surface area contributed by atoms with E-state index < -0.39 is 4.92 Å². The molecule has 0 fully saturated rings. The van der Waals surface area contributed by atoms with E-state index in [1.54, 1.807) is 12.1 Å². The van der Waals surface area contributed by atoms with Crippen molar-refractivity contribution in [3.05, 3.63) is 40.3 Å². The number of nitrogens with zero attached hydrogens (tertiary/aromatic N) is 3. The highest BCUT2D eigenvalue weighted by Crippen LogP contribution is 2.28. The molecule has 1 aromatic carbocycles. The molecule has 0 radical (unpaired) electrons. The quantitative estimate of drug-likeness (QED) is 0.490. The lowest BCUT2D eigenvalue weighted by Gasteiger charge is -1.98. The molecule has 2 aromatic rings. The fourth-order valence-electron chi connectivity index (χ4n) is 1.40. The van der Waals surface area contributed by atoms with Gasteiger partial charge in [0.2, 0.25) is 11.8 Å². The fraction of sp³-hybridized carbons (Fsp3) is 0.273. The number of nitro benzene ring substituents is 1. The van der Waals surface area contributed by atoms with E-state index in [-0.39, 0.29) is 16.4 Å². The van der Waals surface area contributed by atoms with E-state index in [4.69, 9.17) is 4.42 Å². The van der Waals surface area contributed by atoms with Crippen LogP contribution in [0, 0.1) is 10.1 Å². The van der Waals surface area contributed by atoms with Crippen molar-refractivity contribution in [1.82, 2.24) is 10.2 Å². The Morgan fingerprint density at radius 2 is 2.28 bits per heavy atom. The summed E-state index contributed by atoms with van der Waals surface area (Å²) in [6.07, 6.45) is 0.816. The third kappa shape index (κ3) is 2.56. The highest BCUT2D eigenvalue weighted by molar-refractivity contribution is 9.09. The Hall–Kier alpha value is -1.76. The standard InChI is InChI=1S/C11H10BrN3O3/c1-2-9(12)11-14-13-10(18-11)7-4-3-5-8(6-7)15(16)17/h3-6,9H,2H2,1H3. The van der Waals surface area contributed by atoms with Crippen LogP contribution >= 0.6 is 15.9 Å². The van der Waals surface area contributed by atoms with E-state index in [0.717, 1.165) is 6.42 Å². The lowest BCUT2D eigenvalue weighted by atomic mass is 10.2. The van der Waals surface area contributed by atoms with E-state index in [9.17, 15) is 10.1 Å². The monoisotopic (exact) mass is 311 g/mol. The molecule has 0 bridgehead atoms. The van der Waals surface area contributed by atoms with Crippen LogP contribution in [0.5, 0.6) is 0 Å². The second-order valence-corrected chi connectivity index (χ2v) is 4.73. The molecule has 7 heteroatoms. The largest absolute Gasteiger partial charge is 0.419 e. The van der Waals surface area contributed by atoms with Crippen LogP contribution in [0.1, 0.15) is 24.1 Å². The number of alkyl halides is 1. The average molecular weight is 312 g/mol. The van der Waals surface area contributed by atoms with Crippen molar-refractivity contribution in [2.75, 3.05) is 0 Å². The molecule has 6 nitrogen and oxygen atoms in total. The molecule has 18 heavy (non-hydrogen) atoms. The molecular weight excluding hydrogens is 302 g/mol. The summed E-state index contributed by atoms with van der Waals surface area (Å²) < 4.78 is 5.47. The van der Waals surface area contributed by atoms with Gasteiger partial charge in [-0.15, -0.1) is 10.2 Å². The highest BCUT2D eigenvalue weighted by Gasteiger charge is 2.16. The maximum absolute atomic E-state index is 10.7. The molecule has 94 valence electrons. The first kappa shape index (κ1) is 12.7. The van der Waals surface area contributed by atoms with E-state index in [2.05, 4.69) is 26.1 Å². The Morgan fingerprint density at radius 1 is 1.50 bits per heavy atom. The van der Waals surface area contributed by atoms with Gasteiger partial charge >= 0.3 is 0 Å². The number of hydrogen-bond acceptors (Lipinski definition) is 5. The summed E-state index contributed by atoms with van der Waals surface area (Å²) in [6, 6.07) is 6.11. The third-order valence-corrected chi connectivity index (χ3v) is 3.41. The van der Waals surface area contributed by atoms with Gasteiger partial charge in [-0.25, -0.2) is 0 Å². The minimum absolute atomic E-state index is 0.00173. The van der Waals surface area contributed by atoms with E-state index in [0.29, 0.717) is 11.5 Å². The second-order valence-electron chi connectivity index (χ2n) is 3.63. The number of rotatable bonds is 4. The predicted molar refractivity (Wildman–Crippen MR) is 68.3 cm³/mol. The summed E-state index contributed by atoms with van der Waals surface area (Å²) in [6.45, 7) is 1.98. The first-order valence-electron chi connectivity index (χ1n) is 5.34. The highest BCUT2D eigenvalue weighted by atomic mass is 79.9. The van der Waals surface area contributed by atoms with Crippen LogP contribution in [0.4, 0.5) is 5.69 Å². The minimum atomic E-state index is -0.458. The van der Waals surface area contributed by atoms with Gasteiger partial charge in [0.25, 0.3) is 5.69 Å². The molecule has 0 aliphatic carbocycles. The first-order valence-corrected chi connectivity index (χ1v) is 6.25. The van der Waals surface area contributed by atoms with Gasteiger partial charge in [0.05, 0.1) is 9.75 Å². The van der Waals surface area contributed by atoms with Crippen molar-refractivity contribution in [3.8, 4) is 11.5 Å². The van der Waals surface area contributed by atoms with Gasteiger partial charge < -0.3 is 4.42 Å². The minimum Gasteiger partial charge on any atom is -0.419 e. The normalized spacial score (nSPS) is 12.3. The first-order chi connectivity index (χ1) is 8.61. The molecule has 1 heterocycles. The molecule has 0 saturated heterocycles. The molecule has 1 atom stereocenters. The summed E-state index contributed by atoms with van der Waals surface area (Å²) in [5.74, 6) is 0.755. The number of halogens is 1. The lowest BCUT2D eigenvalue weighted by Crippen LogP contribution is -1.88. The number of hydrogen-bond donors (Lipinski definition) is 0. The number of nitro groups is 1. The molecule has 0 aliphatic heterocycles. The molecule has 1 aromatic heterocycles. The van der Waals surface area contributed by atoms with E-state index in [1.165, 1.54) is 12.1 Å². The Bertz CT molecular complexity index is 570. The average Bonchev–Trinajstić information content (AvgIpc) is 2.87. The van der Waals surface area contributed by atoms with Crippen LogP contribution in [-0.2, 0) is 0 Å². The summed E-state index contributed by atoms with van der Waals surface area (Å²) in [5, 5.41) is 18.5. The molecule has 0 saturated carbocycles. The summed E-state index contributed by atoms with van der Waals surface area (Å²) in [7, 11) is 0. The Labute approximate surface area is 111 Å². The molecular formula is C11H10BrN3O3. The molecule has 0 aliphatic rings. The Kier molecular flexibility index (Phi) is 3.71. The van der Waals surface area contributed by atoms with Crippen molar-refractivity contribution < 1.29 is 9.34 Å². The van der Waals surface area contributed by atoms with E-state index in [1.807, 2.05) is 6.92 Å². The summed E-state index contributed by atoms with van der Waals surface area (Å²) in [5.41, 5.74) is 0.539. The molecule has 0 amide bonds. The van der Waals surface area contributed by atoms with Gasteiger partial charge in [0, 0.05) is 17.7 Å². The number of benzene rings is 1. The second kappa shape index (κ2) is 5.26.